The fourth-order valence-electron chi connectivity index (χ4n) is 1.51. The summed E-state index contributed by atoms with van der Waals surface area (Å²) in [5, 5.41) is 6.44. The highest BCUT2D eigenvalue weighted by atomic mass is 14.9. The third-order valence-corrected chi connectivity index (χ3v) is 2.31. The minimum Gasteiger partial charge on any atom is -0.320 e. The number of hydrogen-bond donors (Lipinski definition) is 2. The maximum Gasteiger partial charge on any atom is 0.0573 e. The van der Waals surface area contributed by atoms with Crippen molar-refractivity contribution in [2.24, 2.45) is 0 Å². The number of pyridine rings is 1. The Balaban J connectivity index is 2.46. The average molecular weight is 193 g/mol. The van der Waals surface area contributed by atoms with Gasteiger partial charge in [-0.1, -0.05) is 6.07 Å². The monoisotopic (exact) mass is 193 g/mol. The highest BCUT2D eigenvalue weighted by molar-refractivity contribution is 5.08. The van der Waals surface area contributed by atoms with Gasteiger partial charge in [0, 0.05) is 12.2 Å². The molecule has 0 saturated heterocycles. The van der Waals surface area contributed by atoms with Crippen LogP contribution in [0.1, 0.15) is 24.6 Å². The van der Waals surface area contributed by atoms with Crippen LogP contribution in [0.4, 0.5) is 0 Å². The molecule has 78 valence electrons. The van der Waals surface area contributed by atoms with Crippen molar-refractivity contribution in [2.45, 2.75) is 18.9 Å². The van der Waals surface area contributed by atoms with Gasteiger partial charge in [0.05, 0.1) is 5.69 Å². The van der Waals surface area contributed by atoms with E-state index >= 15 is 0 Å². The number of rotatable bonds is 6. The molecule has 1 aromatic rings. The Morgan fingerprint density at radius 2 is 2.21 bits per heavy atom. The first-order valence-corrected chi connectivity index (χ1v) is 5.11. The maximum absolute atomic E-state index is 4.35. The zero-order valence-electron chi connectivity index (χ0n) is 8.96. The first-order chi connectivity index (χ1) is 6.88. The van der Waals surface area contributed by atoms with Crippen LogP contribution in [0.5, 0.6) is 0 Å². The van der Waals surface area contributed by atoms with Crippen LogP contribution in [0.25, 0.3) is 0 Å². The van der Waals surface area contributed by atoms with Crippen molar-refractivity contribution in [1.29, 1.82) is 0 Å². The van der Waals surface area contributed by atoms with E-state index in [1.54, 1.807) is 0 Å². The van der Waals surface area contributed by atoms with Crippen LogP contribution in [-0.2, 0) is 0 Å². The predicted octanol–water partition coefficient (Wildman–Crippen LogP) is 1.34. The van der Waals surface area contributed by atoms with Crippen LogP contribution >= 0.6 is 0 Å². The SMILES string of the molecule is CNCCCC(NC)c1ccccn1. The zero-order chi connectivity index (χ0) is 10.2. The summed E-state index contributed by atoms with van der Waals surface area (Å²) in [5.74, 6) is 0. The summed E-state index contributed by atoms with van der Waals surface area (Å²) in [7, 11) is 3.97. The maximum atomic E-state index is 4.35. The Hall–Kier alpha value is -0.930. The Morgan fingerprint density at radius 1 is 1.36 bits per heavy atom. The number of nitrogens with one attached hydrogen (secondary N) is 2. The van der Waals surface area contributed by atoms with E-state index in [1.165, 1.54) is 6.42 Å². The summed E-state index contributed by atoms with van der Waals surface area (Å²) < 4.78 is 0. The van der Waals surface area contributed by atoms with Gasteiger partial charge in [-0.15, -0.1) is 0 Å². The molecular formula is C11H19N3. The molecule has 1 heterocycles. The lowest BCUT2D eigenvalue weighted by Crippen LogP contribution is -2.19. The molecule has 14 heavy (non-hydrogen) atoms. The van der Waals surface area contributed by atoms with E-state index in [0.29, 0.717) is 6.04 Å². The van der Waals surface area contributed by atoms with Crippen molar-refractivity contribution < 1.29 is 0 Å². The molecule has 0 aliphatic rings. The second-order valence-corrected chi connectivity index (χ2v) is 3.34. The first kappa shape index (κ1) is 11.1. The Labute approximate surface area is 85.9 Å². The second-order valence-electron chi connectivity index (χ2n) is 3.34. The molecule has 1 aromatic heterocycles. The molecule has 0 radical (unpaired) electrons. The van der Waals surface area contributed by atoms with Crippen LogP contribution in [0.15, 0.2) is 24.4 Å². The first-order valence-electron chi connectivity index (χ1n) is 5.11. The van der Waals surface area contributed by atoms with E-state index in [4.69, 9.17) is 0 Å². The molecule has 0 spiro atoms. The van der Waals surface area contributed by atoms with Gasteiger partial charge in [0.1, 0.15) is 0 Å². The summed E-state index contributed by atoms with van der Waals surface area (Å²) in [6.07, 6.45) is 4.13. The van der Waals surface area contributed by atoms with E-state index in [9.17, 15) is 0 Å². The van der Waals surface area contributed by atoms with Crippen LogP contribution < -0.4 is 10.6 Å². The molecule has 0 amide bonds. The third kappa shape index (κ3) is 3.44. The smallest absolute Gasteiger partial charge is 0.0573 e. The normalized spacial score (nSPS) is 12.7. The van der Waals surface area contributed by atoms with Gasteiger partial charge < -0.3 is 10.6 Å². The Bertz CT molecular complexity index is 236. The van der Waals surface area contributed by atoms with E-state index in [2.05, 4.69) is 21.7 Å². The second kappa shape index (κ2) is 6.51. The molecule has 1 rings (SSSR count). The van der Waals surface area contributed by atoms with E-state index in [1.807, 2.05) is 32.4 Å². The summed E-state index contributed by atoms with van der Waals surface area (Å²) in [4.78, 5) is 4.35. The van der Waals surface area contributed by atoms with Crippen molar-refractivity contribution in [3.8, 4) is 0 Å². The Morgan fingerprint density at radius 3 is 2.79 bits per heavy atom. The highest BCUT2D eigenvalue weighted by Crippen LogP contribution is 2.14. The van der Waals surface area contributed by atoms with Gasteiger partial charge in [-0.2, -0.15) is 0 Å². The third-order valence-electron chi connectivity index (χ3n) is 2.31. The molecule has 0 aromatic carbocycles. The van der Waals surface area contributed by atoms with Crippen LogP contribution in [0.2, 0.25) is 0 Å². The summed E-state index contributed by atoms with van der Waals surface area (Å²) in [6.45, 7) is 1.06. The van der Waals surface area contributed by atoms with Crippen molar-refractivity contribution >= 4 is 0 Å². The Kier molecular flexibility index (Phi) is 5.19. The lowest BCUT2D eigenvalue weighted by atomic mass is 10.1. The number of nitrogens with zero attached hydrogens (tertiary/aromatic N) is 1. The van der Waals surface area contributed by atoms with Gasteiger partial charge in [0.15, 0.2) is 0 Å². The van der Waals surface area contributed by atoms with Crippen LogP contribution in [0.3, 0.4) is 0 Å². The van der Waals surface area contributed by atoms with Crippen molar-refractivity contribution in [1.82, 2.24) is 15.6 Å². The summed E-state index contributed by atoms with van der Waals surface area (Å²) in [6, 6.07) is 6.43. The van der Waals surface area contributed by atoms with Gasteiger partial charge in [-0.05, 0) is 45.6 Å². The van der Waals surface area contributed by atoms with Gasteiger partial charge in [0.25, 0.3) is 0 Å². The van der Waals surface area contributed by atoms with Gasteiger partial charge in [-0.25, -0.2) is 0 Å². The summed E-state index contributed by atoms with van der Waals surface area (Å²) >= 11 is 0. The highest BCUT2D eigenvalue weighted by Gasteiger charge is 2.08. The quantitative estimate of drug-likeness (QED) is 0.669. The van der Waals surface area contributed by atoms with Crippen molar-refractivity contribution in [2.75, 3.05) is 20.6 Å². The molecule has 0 fully saturated rings. The number of hydrogen-bond acceptors (Lipinski definition) is 3. The van der Waals surface area contributed by atoms with Crippen LogP contribution in [-0.4, -0.2) is 25.6 Å². The minimum atomic E-state index is 0.379. The fourth-order valence-corrected chi connectivity index (χ4v) is 1.51. The molecule has 3 heteroatoms. The predicted molar refractivity (Wildman–Crippen MR) is 59.2 cm³/mol. The van der Waals surface area contributed by atoms with Crippen molar-refractivity contribution in [3.05, 3.63) is 30.1 Å². The molecule has 0 aliphatic carbocycles. The fraction of sp³-hybridized carbons (Fsp3) is 0.545. The molecule has 1 atom stereocenters. The van der Waals surface area contributed by atoms with E-state index in [-0.39, 0.29) is 0 Å². The zero-order valence-corrected chi connectivity index (χ0v) is 8.96. The minimum absolute atomic E-state index is 0.379. The molecule has 0 saturated carbocycles. The van der Waals surface area contributed by atoms with Gasteiger partial charge in [-0.3, -0.25) is 4.98 Å². The summed E-state index contributed by atoms with van der Waals surface area (Å²) in [5.41, 5.74) is 1.13. The molecule has 1 unspecified atom stereocenters. The van der Waals surface area contributed by atoms with Gasteiger partial charge in [0.2, 0.25) is 0 Å². The van der Waals surface area contributed by atoms with E-state index in [0.717, 1.165) is 18.7 Å². The number of aromatic nitrogens is 1. The molecular weight excluding hydrogens is 174 g/mol. The van der Waals surface area contributed by atoms with Crippen LogP contribution in [0, 0.1) is 0 Å². The molecule has 3 nitrogen and oxygen atoms in total. The molecule has 2 N–H and O–H groups in total. The molecule has 0 bridgehead atoms. The lowest BCUT2D eigenvalue weighted by molar-refractivity contribution is 0.508. The largest absolute Gasteiger partial charge is 0.320 e. The average Bonchev–Trinajstić information content (AvgIpc) is 2.26. The lowest BCUT2D eigenvalue weighted by Gasteiger charge is -2.14. The topological polar surface area (TPSA) is 37.0 Å². The molecule has 0 aliphatic heterocycles. The van der Waals surface area contributed by atoms with E-state index < -0.39 is 0 Å². The van der Waals surface area contributed by atoms with Gasteiger partial charge >= 0.3 is 0 Å². The standard InChI is InChI=1S/C11H19N3/c1-12-8-5-7-10(13-2)11-6-3-4-9-14-11/h3-4,6,9-10,12-13H,5,7-8H2,1-2H3. The van der Waals surface area contributed by atoms with Crippen molar-refractivity contribution in [3.63, 3.8) is 0 Å².